The second kappa shape index (κ2) is 8.98. The van der Waals surface area contributed by atoms with Crippen LogP contribution in [0.2, 0.25) is 0 Å². The second-order valence-corrected chi connectivity index (χ2v) is 6.49. The second-order valence-electron chi connectivity index (χ2n) is 6.49. The Hall–Kier alpha value is -0.160. The van der Waals surface area contributed by atoms with E-state index in [1.165, 1.54) is 32.4 Å². The molecule has 120 valence electrons. The lowest BCUT2D eigenvalue weighted by molar-refractivity contribution is 0.115. The lowest BCUT2D eigenvalue weighted by Gasteiger charge is -2.37. The van der Waals surface area contributed by atoms with Gasteiger partial charge in [-0.05, 0) is 65.8 Å². The van der Waals surface area contributed by atoms with E-state index in [1.807, 2.05) is 0 Å². The summed E-state index contributed by atoms with van der Waals surface area (Å²) in [4.78, 5) is 4.95. The number of aliphatic hydroxyl groups excluding tert-OH is 1. The molecule has 1 saturated heterocycles. The Morgan fingerprint density at radius 3 is 2.65 bits per heavy atom. The van der Waals surface area contributed by atoms with Gasteiger partial charge in [0.15, 0.2) is 0 Å². The van der Waals surface area contributed by atoms with Gasteiger partial charge in [0.2, 0.25) is 0 Å². The molecule has 1 aliphatic heterocycles. The molecule has 1 aliphatic rings. The van der Waals surface area contributed by atoms with Crippen LogP contribution in [0.15, 0.2) is 0 Å². The van der Waals surface area contributed by atoms with Crippen LogP contribution in [0.1, 0.15) is 46.0 Å². The summed E-state index contributed by atoms with van der Waals surface area (Å²) in [6.45, 7) is 9.07. The molecular weight excluding hydrogens is 250 g/mol. The van der Waals surface area contributed by atoms with E-state index in [1.54, 1.807) is 0 Å². The van der Waals surface area contributed by atoms with Gasteiger partial charge >= 0.3 is 0 Å². The maximum absolute atomic E-state index is 9.68. The van der Waals surface area contributed by atoms with E-state index in [0.29, 0.717) is 6.04 Å². The minimum Gasteiger partial charge on any atom is -0.394 e. The third-order valence-corrected chi connectivity index (χ3v) is 4.87. The van der Waals surface area contributed by atoms with Gasteiger partial charge in [-0.25, -0.2) is 0 Å². The van der Waals surface area contributed by atoms with Gasteiger partial charge in [-0.1, -0.05) is 13.8 Å². The van der Waals surface area contributed by atoms with Gasteiger partial charge in [0.25, 0.3) is 0 Å². The molecule has 0 spiro atoms. The molecule has 0 aromatic heterocycles. The van der Waals surface area contributed by atoms with Crippen LogP contribution in [0.3, 0.4) is 0 Å². The smallest absolute Gasteiger partial charge is 0.0613 e. The Kier molecular flexibility index (Phi) is 8.03. The van der Waals surface area contributed by atoms with Gasteiger partial charge in [-0.2, -0.15) is 0 Å². The van der Waals surface area contributed by atoms with E-state index in [9.17, 15) is 5.11 Å². The first-order chi connectivity index (χ1) is 9.56. The Labute approximate surface area is 125 Å². The molecule has 4 heteroatoms. The molecule has 0 saturated carbocycles. The first kappa shape index (κ1) is 17.9. The summed E-state index contributed by atoms with van der Waals surface area (Å²) in [5.74, 6) is 0. The van der Waals surface area contributed by atoms with Gasteiger partial charge in [0.1, 0.15) is 0 Å². The zero-order chi connectivity index (χ0) is 15.0. The lowest BCUT2D eigenvalue weighted by atomic mass is 9.91. The molecule has 2 atom stereocenters. The average molecular weight is 285 g/mol. The molecule has 0 bridgehead atoms. The van der Waals surface area contributed by atoms with Crippen molar-refractivity contribution in [1.82, 2.24) is 15.1 Å². The molecule has 1 heterocycles. The van der Waals surface area contributed by atoms with E-state index >= 15 is 0 Å². The van der Waals surface area contributed by atoms with Crippen molar-refractivity contribution < 1.29 is 5.11 Å². The SMILES string of the molecule is CCNC(CC)(CO)CCCN1CCCC(N(C)C)C1. The number of nitrogens with one attached hydrogen (secondary N) is 1. The highest BCUT2D eigenvalue weighted by atomic mass is 16.3. The van der Waals surface area contributed by atoms with Crippen molar-refractivity contribution in [2.24, 2.45) is 0 Å². The fourth-order valence-electron chi connectivity index (χ4n) is 3.31. The van der Waals surface area contributed by atoms with Crippen molar-refractivity contribution in [2.45, 2.75) is 57.5 Å². The predicted octanol–water partition coefficient (Wildman–Crippen LogP) is 1.54. The highest BCUT2D eigenvalue weighted by molar-refractivity contribution is 4.86. The molecule has 0 aliphatic carbocycles. The molecule has 2 unspecified atom stereocenters. The number of likely N-dealkylation sites (N-methyl/N-ethyl adjacent to an activating group) is 2. The van der Waals surface area contributed by atoms with Crippen molar-refractivity contribution in [2.75, 3.05) is 46.9 Å². The monoisotopic (exact) mass is 285 g/mol. The number of piperidine rings is 1. The van der Waals surface area contributed by atoms with Crippen molar-refractivity contribution >= 4 is 0 Å². The van der Waals surface area contributed by atoms with Crippen LogP contribution in [0.25, 0.3) is 0 Å². The molecule has 0 aromatic rings. The summed E-state index contributed by atoms with van der Waals surface area (Å²) in [5.41, 5.74) is -0.0640. The van der Waals surface area contributed by atoms with Crippen molar-refractivity contribution in [3.63, 3.8) is 0 Å². The number of nitrogens with zero attached hydrogens (tertiary/aromatic N) is 2. The van der Waals surface area contributed by atoms with Gasteiger partial charge < -0.3 is 20.2 Å². The quantitative estimate of drug-likeness (QED) is 0.674. The number of aliphatic hydroxyl groups is 1. The van der Waals surface area contributed by atoms with Crippen LogP contribution < -0.4 is 5.32 Å². The largest absolute Gasteiger partial charge is 0.394 e. The molecule has 2 N–H and O–H groups in total. The fourth-order valence-corrected chi connectivity index (χ4v) is 3.31. The third kappa shape index (κ3) is 5.32. The lowest BCUT2D eigenvalue weighted by Crippen LogP contribution is -2.49. The fraction of sp³-hybridized carbons (Fsp3) is 1.00. The minimum atomic E-state index is -0.0640. The Morgan fingerprint density at radius 1 is 1.35 bits per heavy atom. The first-order valence-electron chi connectivity index (χ1n) is 8.31. The summed E-state index contributed by atoms with van der Waals surface area (Å²) in [6, 6.07) is 0.714. The van der Waals surface area contributed by atoms with Crippen LogP contribution in [0, 0.1) is 0 Å². The molecule has 1 fully saturated rings. The zero-order valence-corrected chi connectivity index (χ0v) is 14.0. The normalized spacial score (nSPS) is 24.0. The highest BCUT2D eigenvalue weighted by Gasteiger charge is 2.26. The summed E-state index contributed by atoms with van der Waals surface area (Å²) in [6.07, 6.45) is 5.88. The zero-order valence-electron chi connectivity index (χ0n) is 14.0. The van der Waals surface area contributed by atoms with Crippen molar-refractivity contribution in [3.8, 4) is 0 Å². The average Bonchev–Trinajstić information content (AvgIpc) is 2.46. The Balaban J connectivity index is 2.35. The topological polar surface area (TPSA) is 38.7 Å². The van der Waals surface area contributed by atoms with Gasteiger partial charge in [-0.15, -0.1) is 0 Å². The van der Waals surface area contributed by atoms with Crippen molar-refractivity contribution in [1.29, 1.82) is 0 Å². The minimum absolute atomic E-state index is 0.0640. The molecule has 0 aromatic carbocycles. The van der Waals surface area contributed by atoms with Gasteiger partial charge in [0, 0.05) is 18.1 Å². The standard InChI is InChI=1S/C16H35N3O/c1-5-16(14-20,17-6-2)10-8-12-19-11-7-9-15(13-19)18(3)4/h15,17,20H,5-14H2,1-4H3. The van der Waals surface area contributed by atoms with E-state index in [2.05, 4.69) is 43.1 Å². The third-order valence-electron chi connectivity index (χ3n) is 4.87. The number of hydrogen-bond acceptors (Lipinski definition) is 4. The Bertz CT molecular complexity index is 254. The van der Waals surface area contributed by atoms with E-state index in [-0.39, 0.29) is 12.1 Å². The molecular formula is C16H35N3O. The van der Waals surface area contributed by atoms with Crippen LogP contribution >= 0.6 is 0 Å². The molecule has 1 rings (SSSR count). The van der Waals surface area contributed by atoms with E-state index < -0.39 is 0 Å². The summed E-state index contributed by atoms with van der Waals surface area (Å²) in [7, 11) is 4.38. The Morgan fingerprint density at radius 2 is 2.10 bits per heavy atom. The van der Waals surface area contributed by atoms with Crippen LogP contribution in [0.5, 0.6) is 0 Å². The van der Waals surface area contributed by atoms with E-state index in [4.69, 9.17) is 0 Å². The summed E-state index contributed by atoms with van der Waals surface area (Å²) < 4.78 is 0. The number of likely N-dealkylation sites (tertiary alicyclic amines) is 1. The summed E-state index contributed by atoms with van der Waals surface area (Å²) in [5, 5.41) is 13.2. The van der Waals surface area contributed by atoms with Crippen LogP contribution in [0.4, 0.5) is 0 Å². The maximum atomic E-state index is 9.68. The van der Waals surface area contributed by atoms with Crippen LogP contribution in [-0.2, 0) is 0 Å². The molecule has 4 nitrogen and oxygen atoms in total. The molecule has 20 heavy (non-hydrogen) atoms. The first-order valence-corrected chi connectivity index (χ1v) is 8.31. The number of rotatable bonds is 9. The molecule has 0 radical (unpaired) electrons. The van der Waals surface area contributed by atoms with Crippen LogP contribution in [-0.4, -0.2) is 73.4 Å². The maximum Gasteiger partial charge on any atom is 0.0613 e. The highest BCUT2D eigenvalue weighted by Crippen LogP contribution is 2.19. The predicted molar refractivity (Wildman–Crippen MR) is 86.2 cm³/mol. The van der Waals surface area contributed by atoms with Gasteiger partial charge in [0.05, 0.1) is 6.61 Å². The summed E-state index contributed by atoms with van der Waals surface area (Å²) >= 11 is 0. The van der Waals surface area contributed by atoms with Gasteiger partial charge in [-0.3, -0.25) is 0 Å². The van der Waals surface area contributed by atoms with Crippen molar-refractivity contribution in [3.05, 3.63) is 0 Å². The van der Waals surface area contributed by atoms with E-state index in [0.717, 1.165) is 25.9 Å². The number of hydrogen-bond donors (Lipinski definition) is 2. The molecule has 0 amide bonds.